The first-order valence-corrected chi connectivity index (χ1v) is 8.83. The molecule has 21 heavy (non-hydrogen) atoms. The summed E-state index contributed by atoms with van der Waals surface area (Å²) in [5, 5.41) is 0.301. The number of aryl methyl sites for hydroxylation is 1. The second-order valence-electron chi connectivity index (χ2n) is 4.27. The van der Waals surface area contributed by atoms with E-state index in [4.69, 9.17) is 11.6 Å². The Morgan fingerprint density at radius 2 is 2.19 bits per heavy atom. The van der Waals surface area contributed by atoms with Crippen molar-refractivity contribution in [2.75, 3.05) is 4.72 Å². The molecule has 3 rings (SSSR count). The highest BCUT2D eigenvalue weighted by Crippen LogP contribution is 2.33. The monoisotopic (exact) mass is 342 g/mol. The van der Waals surface area contributed by atoms with E-state index in [-0.39, 0.29) is 10.7 Å². The molecule has 0 saturated heterocycles. The molecule has 110 valence electrons. The Labute approximate surface area is 130 Å². The van der Waals surface area contributed by atoms with Crippen LogP contribution in [0, 0.1) is 0 Å². The molecule has 2 heterocycles. The molecule has 0 bridgehead atoms. The van der Waals surface area contributed by atoms with E-state index in [2.05, 4.69) is 19.7 Å². The number of rotatable bonds is 4. The Morgan fingerprint density at radius 3 is 2.90 bits per heavy atom. The van der Waals surface area contributed by atoms with Gasteiger partial charge in [0.1, 0.15) is 11.3 Å². The molecule has 2 aromatic heterocycles. The first-order chi connectivity index (χ1) is 10.0. The van der Waals surface area contributed by atoms with Gasteiger partial charge in [0.2, 0.25) is 0 Å². The molecule has 0 saturated carbocycles. The molecular formula is C12H11ClN4O2S2. The molecule has 9 heteroatoms. The number of nitrogens with zero attached hydrogens (tertiary/aromatic N) is 2. The maximum atomic E-state index is 12.4. The van der Waals surface area contributed by atoms with Gasteiger partial charge >= 0.3 is 0 Å². The number of aromatic nitrogens is 3. The van der Waals surface area contributed by atoms with Gasteiger partial charge in [0.05, 0.1) is 27.1 Å². The number of fused-ring (bicyclic) bond motifs is 1. The Bertz CT molecular complexity index is 901. The smallest absolute Gasteiger partial charge is 0.279 e. The second kappa shape index (κ2) is 5.28. The average Bonchev–Trinajstić information content (AvgIpc) is 3.10. The number of hydrogen-bond acceptors (Lipinski definition) is 5. The average molecular weight is 343 g/mol. The first-order valence-electron chi connectivity index (χ1n) is 6.09. The first kappa shape index (κ1) is 14.3. The number of anilines is 1. The summed E-state index contributed by atoms with van der Waals surface area (Å²) in [6, 6.07) is 3.45. The molecule has 3 aromatic rings. The predicted molar refractivity (Wildman–Crippen MR) is 83.4 cm³/mol. The summed E-state index contributed by atoms with van der Waals surface area (Å²) in [5.74, 6) is 0.605. The molecule has 0 atom stereocenters. The molecule has 1 aromatic carbocycles. The van der Waals surface area contributed by atoms with E-state index in [0.29, 0.717) is 22.8 Å². The fourth-order valence-corrected chi connectivity index (χ4v) is 3.82. The lowest BCUT2D eigenvalue weighted by atomic mass is 10.3. The molecule has 0 spiro atoms. The molecule has 0 aliphatic rings. The van der Waals surface area contributed by atoms with Crippen LogP contribution in [0.3, 0.4) is 0 Å². The van der Waals surface area contributed by atoms with Gasteiger partial charge in [-0.2, -0.15) is 8.42 Å². The van der Waals surface area contributed by atoms with Crippen LogP contribution in [0.2, 0.25) is 5.02 Å². The lowest BCUT2D eigenvalue weighted by molar-refractivity contribution is 0.598. The third kappa shape index (κ3) is 2.61. The lowest BCUT2D eigenvalue weighted by Gasteiger charge is -2.08. The minimum atomic E-state index is -3.78. The predicted octanol–water partition coefficient (Wildman–Crippen LogP) is 3.04. The zero-order valence-corrected chi connectivity index (χ0v) is 13.3. The number of thiazole rings is 1. The molecule has 6 nitrogen and oxygen atoms in total. The number of imidazole rings is 1. The van der Waals surface area contributed by atoms with Crippen molar-refractivity contribution in [3.05, 3.63) is 34.7 Å². The minimum absolute atomic E-state index is 0.00245. The zero-order valence-electron chi connectivity index (χ0n) is 10.9. The number of hydrogen-bond donors (Lipinski definition) is 2. The maximum Gasteiger partial charge on any atom is 0.279 e. The van der Waals surface area contributed by atoms with Crippen LogP contribution in [0.1, 0.15) is 12.7 Å². The van der Waals surface area contributed by atoms with Gasteiger partial charge in [-0.1, -0.05) is 18.5 Å². The summed E-state index contributed by atoms with van der Waals surface area (Å²) in [6.45, 7) is 1.88. The van der Waals surface area contributed by atoms with Crippen LogP contribution in [0.25, 0.3) is 10.2 Å². The van der Waals surface area contributed by atoms with Crippen LogP contribution in [0.4, 0.5) is 5.69 Å². The Morgan fingerprint density at radius 1 is 1.38 bits per heavy atom. The Hall–Kier alpha value is -1.64. The highest BCUT2D eigenvalue weighted by atomic mass is 35.5. The van der Waals surface area contributed by atoms with E-state index in [9.17, 15) is 8.42 Å². The van der Waals surface area contributed by atoms with Crippen LogP contribution >= 0.6 is 22.9 Å². The van der Waals surface area contributed by atoms with Crippen molar-refractivity contribution in [3.8, 4) is 0 Å². The summed E-state index contributed by atoms with van der Waals surface area (Å²) >= 11 is 7.51. The molecule has 0 amide bonds. The van der Waals surface area contributed by atoms with Gasteiger partial charge < -0.3 is 4.98 Å². The van der Waals surface area contributed by atoms with Gasteiger partial charge in [-0.25, -0.2) is 9.97 Å². The van der Waals surface area contributed by atoms with Crippen LogP contribution in [0.15, 0.2) is 28.9 Å². The topological polar surface area (TPSA) is 87.7 Å². The zero-order chi connectivity index (χ0) is 15.0. The molecule has 0 aliphatic carbocycles. The summed E-state index contributed by atoms with van der Waals surface area (Å²) in [4.78, 5) is 10.9. The van der Waals surface area contributed by atoms with Gasteiger partial charge in [0.15, 0.2) is 5.03 Å². The fraction of sp³-hybridized carbons (Fsp3) is 0.167. The normalized spacial score (nSPS) is 11.9. The van der Waals surface area contributed by atoms with Crippen molar-refractivity contribution >= 4 is 48.9 Å². The van der Waals surface area contributed by atoms with Crippen LogP contribution < -0.4 is 4.72 Å². The number of nitrogens with one attached hydrogen (secondary N) is 2. The van der Waals surface area contributed by atoms with Crippen molar-refractivity contribution in [1.29, 1.82) is 0 Å². The minimum Gasteiger partial charge on any atom is -0.332 e. The molecule has 0 unspecified atom stereocenters. The Balaban J connectivity index is 2.04. The summed E-state index contributed by atoms with van der Waals surface area (Å²) < 4.78 is 28.1. The van der Waals surface area contributed by atoms with Crippen molar-refractivity contribution in [1.82, 2.24) is 15.0 Å². The maximum absolute atomic E-state index is 12.4. The van der Waals surface area contributed by atoms with E-state index >= 15 is 0 Å². The third-order valence-electron chi connectivity index (χ3n) is 2.92. The quantitative estimate of drug-likeness (QED) is 0.762. The summed E-state index contributed by atoms with van der Waals surface area (Å²) in [5.41, 5.74) is 2.46. The van der Waals surface area contributed by atoms with Crippen molar-refractivity contribution in [3.63, 3.8) is 0 Å². The lowest BCUT2D eigenvalue weighted by Crippen LogP contribution is -2.14. The van der Waals surface area contributed by atoms with Gasteiger partial charge in [-0.05, 0) is 12.1 Å². The molecular weight excluding hydrogens is 332 g/mol. The van der Waals surface area contributed by atoms with Crippen molar-refractivity contribution in [2.45, 2.75) is 18.4 Å². The van der Waals surface area contributed by atoms with Gasteiger partial charge in [-0.15, -0.1) is 11.3 Å². The molecule has 2 N–H and O–H groups in total. The fourth-order valence-electron chi connectivity index (χ4n) is 1.85. The van der Waals surface area contributed by atoms with E-state index in [0.717, 1.165) is 4.70 Å². The molecule has 0 aliphatic heterocycles. The van der Waals surface area contributed by atoms with E-state index < -0.39 is 10.0 Å². The van der Waals surface area contributed by atoms with Crippen molar-refractivity contribution < 1.29 is 8.42 Å². The number of H-pyrrole nitrogens is 1. The Kier molecular flexibility index (Phi) is 3.60. The largest absolute Gasteiger partial charge is 0.332 e. The highest BCUT2D eigenvalue weighted by molar-refractivity contribution is 7.92. The second-order valence-corrected chi connectivity index (χ2v) is 7.22. The number of aromatic amines is 1. The standard InChI is InChI=1S/C12H11ClN4O2S2/c1-2-9-14-5-10(16-9)21(18,19)17-11-7(13)3-4-8-12(11)15-6-20-8/h3-6,17H,2H2,1H3,(H,14,16). The molecule has 0 radical (unpaired) electrons. The van der Waals surface area contributed by atoms with Crippen LogP contribution in [-0.2, 0) is 16.4 Å². The van der Waals surface area contributed by atoms with Gasteiger partial charge in [-0.3, -0.25) is 4.72 Å². The molecule has 0 fully saturated rings. The highest BCUT2D eigenvalue weighted by Gasteiger charge is 2.20. The number of halogens is 1. The number of benzene rings is 1. The van der Waals surface area contributed by atoms with E-state index in [1.165, 1.54) is 17.5 Å². The van der Waals surface area contributed by atoms with Gasteiger partial charge in [0.25, 0.3) is 10.0 Å². The van der Waals surface area contributed by atoms with Crippen LogP contribution in [0.5, 0.6) is 0 Å². The van der Waals surface area contributed by atoms with Gasteiger partial charge in [0, 0.05) is 6.42 Å². The van der Waals surface area contributed by atoms with Crippen LogP contribution in [-0.4, -0.2) is 23.4 Å². The van der Waals surface area contributed by atoms with E-state index in [1.54, 1.807) is 17.6 Å². The van der Waals surface area contributed by atoms with Crippen molar-refractivity contribution in [2.24, 2.45) is 0 Å². The summed E-state index contributed by atoms with van der Waals surface area (Å²) in [7, 11) is -3.78. The summed E-state index contributed by atoms with van der Waals surface area (Å²) in [6.07, 6.45) is 1.91. The third-order valence-corrected chi connectivity index (χ3v) is 5.29. The SMILES string of the molecule is CCc1ncc(S(=O)(=O)Nc2c(Cl)ccc3scnc23)[nH]1. The van der Waals surface area contributed by atoms with E-state index in [1.807, 2.05) is 6.92 Å². The number of sulfonamides is 1.